The number of guanidine groups is 1. The Hall–Kier alpha value is -2.53. The number of nitrogens with two attached hydrogens (primary N) is 1. The molecule has 25 heavy (non-hydrogen) atoms. The third-order valence-corrected chi connectivity index (χ3v) is 4.02. The number of benzene rings is 2. The lowest BCUT2D eigenvalue weighted by molar-refractivity contribution is 0.100. The summed E-state index contributed by atoms with van der Waals surface area (Å²) < 4.78 is 0. The van der Waals surface area contributed by atoms with Crippen LogP contribution in [0.5, 0.6) is 0 Å². The molecule has 0 spiro atoms. The van der Waals surface area contributed by atoms with E-state index in [2.05, 4.69) is 15.6 Å². The van der Waals surface area contributed by atoms with Gasteiger partial charge in [-0.2, -0.15) is 0 Å². The molecule has 0 fully saturated rings. The van der Waals surface area contributed by atoms with Crippen LogP contribution >= 0.6 is 11.6 Å². The summed E-state index contributed by atoms with van der Waals surface area (Å²) in [6, 6.07) is 15.0. The first-order valence-corrected chi connectivity index (χ1v) is 8.62. The summed E-state index contributed by atoms with van der Waals surface area (Å²) in [4.78, 5) is 15.6. The number of hydrogen-bond acceptors (Lipinski definition) is 2. The number of halogens is 1. The highest BCUT2D eigenvalue weighted by Crippen LogP contribution is 2.14. The maximum Gasteiger partial charge on any atom is 0.248 e. The summed E-state index contributed by atoms with van der Waals surface area (Å²) >= 11 is 6.17. The number of carbonyl (C=O) groups is 1. The first-order chi connectivity index (χ1) is 12.1. The van der Waals surface area contributed by atoms with Crippen molar-refractivity contribution in [1.82, 2.24) is 10.6 Å². The standard InChI is InChI=1S/C19H23ClN4O/c1-2-22-19(23-12-11-15-5-3-4-6-17(15)20)24-13-14-7-9-16(10-8-14)18(21)25/h3-10H,2,11-13H2,1H3,(H2,21,25)(H2,22,23,24). The Morgan fingerprint density at radius 3 is 2.48 bits per heavy atom. The van der Waals surface area contributed by atoms with Crippen molar-refractivity contribution in [2.75, 3.05) is 13.1 Å². The summed E-state index contributed by atoms with van der Waals surface area (Å²) in [7, 11) is 0. The zero-order valence-electron chi connectivity index (χ0n) is 14.3. The molecule has 5 nitrogen and oxygen atoms in total. The lowest BCUT2D eigenvalue weighted by Crippen LogP contribution is -2.38. The number of primary amides is 1. The van der Waals surface area contributed by atoms with Gasteiger partial charge >= 0.3 is 0 Å². The Kier molecular flexibility index (Phi) is 7.29. The van der Waals surface area contributed by atoms with Crippen molar-refractivity contribution in [1.29, 1.82) is 0 Å². The lowest BCUT2D eigenvalue weighted by Gasteiger charge is -2.12. The van der Waals surface area contributed by atoms with Gasteiger partial charge in [-0.3, -0.25) is 4.79 Å². The maximum atomic E-state index is 11.1. The van der Waals surface area contributed by atoms with Crippen molar-refractivity contribution in [2.45, 2.75) is 19.9 Å². The highest BCUT2D eigenvalue weighted by atomic mass is 35.5. The molecule has 0 aromatic heterocycles. The van der Waals surface area contributed by atoms with E-state index in [1.165, 1.54) is 0 Å². The topological polar surface area (TPSA) is 79.5 Å². The van der Waals surface area contributed by atoms with Crippen molar-refractivity contribution in [3.8, 4) is 0 Å². The minimum Gasteiger partial charge on any atom is -0.366 e. The molecule has 0 saturated heterocycles. The SMILES string of the molecule is CCNC(=NCc1ccc(C(N)=O)cc1)NCCc1ccccc1Cl. The van der Waals surface area contributed by atoms with Crippen molar-refractivity contribution in [3.05, 3.63) is 70.2 Å². The van der Waals surface area contributed by atoms with Gasteiger partial charge in [0.15, 0.2) is 5.96 Å². The van der Waals surface area contributed by atoms with Crippen LogP contribution in [0.15, 0.2) is 53.5 Å². The molecular formula is C19H23ClN4O. The Bertz CT molecular complexity index is 728. The fraction of sp³-hybridized carbons (Fsp3) is 0.263. The highest BCUT2D eigenvalue weighted by Gasteiger charge is 2.02. The second kappa shape index (κ2) is 9.69. The van der Waals surface area contributed by atoms with E-state index in [4.69, 9.17) is 17.3 Å². The smallest absolute Gasteiger partial charge is 0.248 e. The molecule has 0 bridgehead atoms. The van der Waals surface area contributed by atoms with Gasteiger partial charge in [0, 0.05) is 23.7 Å². The van der Waals surface area contributed by atoms with Gasteiger partial charge < -0.3 is 16.4 Å². The van der Waals surface area contributed by atoms with E-state index in [9.17, 15) is 4.79 Å². The molecular weight excluding hydrogens is 336 g/mol. The summed E-state index contributed by atoms with van der Waals surface area (Å²) in [6.07, 6.45) is 0.817. The molecule has 6 heteroatoms. The van der Waals surface area contributed by atoms with E-state index >= 15 is 0 Å². The molecule has 4 N–H and O–H groups in total. The second-order valence-corrected chi connectivity index (χ2v) is 5.93. The normalized spacial score (nSPS) is 11.2. The van der Waals surface area contributed by atoms with Gasteiger partial charge in [-0.05, 0) is 42.7 Å². The number of rotatable bonds is 7. The highest BCUT2D eigenvalue weighted by molar-refractivity contribution is 6.31. The van der Waals surface area contributed by atoms with E-state index in [0.29, 0.717) is 12.1 Å². The number of amides is 1. The molecule has 0 aliphatic heterocycles. The van der Waals surface area contributed by atoms with Crippen LogP contribution in [0.4, 0.5) is 0 Å². The largest absolute Gasteiger partial charge is 0.366 e. The van der Waals surface area contributed by atoms with E-state index < -0.39 is 5.91 Å². The molecule has 0 radical (unpaired) electrons. The Labute approximate surface area is 153 Å². The van der Waals surface area contributed by atoms with Crippen LogP contribution in [-0.2, 0) is 13.0 Å². The van der Waals surface area contributed by atoms with Gasteiger partial charge in [0.1, 0.15) is 0 Å². The average Bonchev–Trinajstić information content (AvgIpc) is 2.61. The number of carbonyl (C=O) groups excluding carboxylic acids is 1. The van der Waals surface area contributed by atoms with Crippen molar-refractivity contribution in [3.63, 3.8) is 0 Å². The van der Waals surface area contributed by atoms with Crippen LogP contribution in [0.25, 0.3) is 0 Å². The third kappa shape index (κ3) is 6.12. The number of hydrogen-bond donors (Lipinski definition) is 3. The zero-order valence-corrected chi connectivity index (χ0v) is 15.0. The molecule has 0 unspecified atom stereocenters. The maximum absolute atomic E-state index is 11.1. The van der Waals surface area contributed by atoms with Gasteiger partial charge in [-0.1, -0.05) is 41.9 Å². The quantitative estimate of drug-likeness (QED) is 0.526. The first kappa shape index (κ1) is 18.8. The monoisotopic (exact) mass is 358 g/mol. The summed E-state index contributed by atoms with van der Waals surface area (Å²) in [6.45, 7) is 4.04. The second-order valence-electron chi connectivity index (χ2n) is 5.52. The van der Waals surface area contributed by atoms with Crippen LogP contribution in [-0.4, -0.2) is 25.0 Å². The minimum atomic E-state index is -0.426. The molecule has 0 atom stereocenters. The Morgan fingerprint density at radius 2 is 1.84 bits per heavy atom. The summed E-state index contributed by atoms with van der Waals surface area (Å²) in [5, 5.41) is 7.30. The van der Waals surface area contributed by atoms with Gasteiger partial charge in [0.05, 0.1) is 6.54 Å². The molecule has 1 amide bonds. The fourth-order valence-corrected chi connectivity index (χ4v) is 2.53. The van der Waals surface area contributed by atoms with Crippen LogP contribution in [0, 0.1) is 0 Å². The van der Waals surface area contributed by atoms with Crippen molar-refractivity contribution < 1.29 is 4.79 Å². The average molecular weight is 359 g/mol. The molecule has 2 aromatic carbocycles. The van der Waals surface area contributed by atoms with E-state index in [0.717, 1.165) is 41.6 Å². The summed E-state index contributed by atoms with van der Waals surface area (Å²) in [5.74, 6) is 0.318. The van der Waals surface area contributed by atoms with Gasteiger partial charge in [0.25, 0.3) is 0 Å². The van der Waals surface area contributed by atoms with Crippen molar-refractivity contribution in [2.24, 2.45) is 10.7 Å². The Morgan fingerprint density at radius 1 is 1.12 bits per heavy atom. The first-order valence-electron chi connectivity index (χ1n) is 8.24. The molecule has 0 heterocycles. The third-order valence-electron chi connectivity index (χ3n) is 3.65. The van der Waals surface area contributed by atoms with Crippen LogP contribution in [0.1, 0.15) is 28.4 Å². The predicted octanol–water partition coefficient (Wildman–Crippen LogP) is 2.74. The lowest BCUT2D eigenvalue weighted by atomic mass is 10.1. The van der Waals surface area contributed by atoms with Gasteiger partial charge in [-0.15, -0.1) is 0 Å². The summed E-state index contributed by atoms with van der Waals surface area (Å²) in [5.41, 5.74) is 7.85. The molecule has 0 aliphatic carbocycles. The number of aliphatic imine (C=N–C) groups is 1. The fourth-order valence-electron chi connectivity index (χ4n) is 2.30. The minimum absolute atomic E-state index is 0.426. The molecule has 2 aromatic rings. The molecule has 0 saturated carbocycles. The van der Waals surface area contributed by atoms with Gasteiger partial charge in [-0.25, -0.2) is 4.99 Å². The van der Waals surface area contributed by atoms with Gasteiger partial charge in [0.2, 0.25) is 5.91 Å². The molecule has 2 rings (SSSR count). The van der Waals surface area contributed by atoms with E-state index in [1.807, 2.05) is 43.3 Å². The van der Waals surface area contributed by atoms with Crippen LogP contribution < -0.4 is 16.4 Å². The number of nitrogens with one attached hydrogen (secondary N) is 2. The Balaban J connectivity index is 1.91. The molecule has 132 valence electrons. The van der Waals surface area contributed by atoms with E-state index in [-0.39, 0.29) is 0 Å². The van der Waals surface area contributed by atoms with Crippen LogP contribution in [0.3, 0.4) is 0 Å². The zero-order chi connectivity index (χ0) is 18.1. The predicted molar refractivity (Wildman–Crippen MR) is 103 cm³/mol. The van der Waals surface area contributed by atoms with Crippen molar-refractivity contribution >= 4 is 23.5 Å². The van der Waals surface area contributed by atoms with E-state index in [1.54, 1.807) is 12.1 Å². The number of nitrogens with zero attached hydrogens (tertiary/aromatic N) is 1. The van der Waals surface area contributed by atoms with Crippen LogP contribution in [0.2, 0.25) is 5.02 Å². The molecule has 0 aliphatic rings.